The van der Waals surface area contributed by atoms with E-state index in [1.807, 2.05) is 4.72 Å². The van der Waals surface area contributed by atoms with Gasteiger partial charge in [-0.15, -0.1) is 0 Å². The molecule has 136 valence electrons. The molecule has 0 aliphatic rings. The van der Waals surface area contributed by atoms with Crippen molar-refractivity contribution in [2.45, 2.75) is 23.0 Å². The number of hydrogen-bond donors (Lipinski definition) is 2. The average molecular weight is 394 g/mol. The van der Waals surface area contributed by atoms with Crippen molar-refractivity contribution in [2.75, 3.05) is 6.61 Å². The van der Waals surface area contributed by atoms with E-state index in [9.17, 15) is 26.7 Å². The van der Waals surface area contributed by atoms with Gasteiger partial charge in [-0.3, -0.25) is 0 Å². The van der Waals surface area contributed by atoms with Crippen LogP contribution in [0.15, 0.2) is 59.5 Å². The lowest BCUT2D eigenvalue weighted by Gasteiger charge is -2.28. The molecular formula is C16H15ClF3NO3S. The van der Waals surface area contributed by atoms with E-state index in [0.29, 0.717) is 0 Å². The Morgan fingerprint density at radius 1 is 1.04 bits per heavy atom. The van der Waals surface area contributed by atoms with Crippen molar-refractivity contribution in [2.24, 2.45) is 0 Å². The molecule has 0 aliphatic heterocycles. The summed E-state index contributed by atoms with van der Waals surface area (Å²) in [7, 11) is -4.27. The lowest BCUT2D eigenvalue weighted by Crippen LogP contribution is -2.46. The average Bonchev–Trinajstić information content (AvgIpc) is 2.54. The highest BCUT2D eigenvalue weighted by molar-refractivity contribution is 7.89. The molecule has 0 aliphatic carbocycles. The molecule has 0 amide bonds. The fourth-order valence-corrected chi connectivity index (χ4v) is 3.77. The first-order valence-corrected chi connectivity index (χ1v) is 9.01. The number of benzene rings is 2. The summed E-state index contributed by atoms with van der Waals surface area (Å²) in [4.78, 5) is -0.246. The lowest BCUT2D eigenvalue weighted by atomic mass is 9.92. The Morgan fingerprint density at radius 3 is 2.08 bits per heavy atom. The number of hydrogen-bond acceptors (Lipinski definition) is 3. The van der Waals surface area contributed by atoms with E-state index in [1.54, 1.807) is 6.07 Å². The summed E-state index contributed by atoms with van der Waals surface area (Å²) in [5.74, 6) is -2.19. The second kappa shape index (κ2) is 7.74. The number of nitrogens with one attached hydrogen (secondary N) is 1. The Balaban J connectivity index is 2.37. The van der Waals surface area contributed by atoms with Gasteiger partial charge in [0.2, 0.25) is 10.0 Å². The van der Waals surface area contributed by atoms with Crippen LogP contribution in [0.5, 0.6) is 0 Å². The zero-order valence-electron chi connectivity index (χ0n) is 12.7. The third kappa shape index (κ3) is 4.94. The van der Waals surface area contributed by atoms with Crippen molar-refractivity contribution in [3.8, 4) is 0 Å². The van der Waals surface area contributed by atoms with Gasteiger partial charge in [-0.1, -0.05) is 41.9 Å². The summed E-state index contributed by atoms with van der Waals surface area (Å²) in [6, 6.07) is 10.0. The molecule has 0 bridgehead atoms. The number of aliphatic hydroxyl groups is 1. The minimum absolute atomic E-state index is 0.146. The van der Waals surface area contributed by atoms with Crippen LogP contribution in [-0.4, -0.2) is 32.3 Å². The fraction of sp³-hybridized carbons (Fsp3) is 0.250. The molecule has 2 N–H and O–H groups in total. The van der Waals surface area contributed by atoms with Crippen LogP contribution < -0.4 is 4.72 Å². The lowest BCUT2D eigenvalue weighted by molar-refractivity contribution is -0.158. The van der Waals surface area contributed by atoms with E-state index in [-0.39, 0.29) is 15.5 Å². The van der Waals surface area contributed by atoms with Gasteiger partial charge >= 0.3 is 6.18 Å². The molecule has 0 heterocycles. The van der Waals surface area contributed by atoms with E-state index in [2.05, 4.69) is 0 Å². The van der Waals surface area contributed by atoms with Crippen molar-refractivity contribution in [3.63, 3.8) is 0 Å². The maximum Gasteiger partial charge on any atom is 0.397 e. The number of rotatable bonds is 6. The zero-order valence-corrected chi connectivity index (χ0v) is 14.3. The summed E-state index contributed by atoms with van der Waals surface area (Å²) in [6.45, 7) is -1.02. The summed E-state index contributed by atoms with van der Waals surface area (Å²) in [5.41, 5.74) is -0.146. The van der Waals surface area contributed by atoms with Crippen LogP contribution in [-0.2, 0) is 10.0 Å². The van der Waals surface area contributed by atoms with Gasteiger partial charge in [0.15, 0.2) is 0 Å². The van der Waals surface area contributed by atoms with Crippen LogP contribution in [0.3, 0.4) is 0 Å². The number of alkyl halides is 3. The van der Waals surface area contributed by atoms with Gasteiger partial charge in [-0.05, 0) is 29.8 Å². The van der Waals surface area contributed by atoms with Crippen LogP contribution in [0.4, 0.5) is 13.2 Å². The molecule has 2 atom stereocenters. The molecule has 0 saturated carbocycles. The van der Waals surface area contributed by atoms with E-state index < -0.39 is 34.8 Å². The van der Waals surface area contributed by atoms with Crippen LogP contribution in [0, 0.1) is 0 Å². The highest BCUT2D eigenvalue weighted by Gasteiger charge is 2.46. The third-order valence-electron chi connectivity index (χ3n) is 3.54. The Morgan fingerprint density at radius 2 is 1.60 bits per heavy atom. The summed E-state index contributed by atoms with van der Waals surface area (Å²) >= 11 is 5.68. The van der Waals surface area contributed by atoms with E-state index in [4.69, 9.17) is 11.6 Å². The largest absolute Gasteiger partial charge is 0.397 e. The first-order valence-electron chi connectivity index (χ1n) is 7.15. The molecule has 2 rings (SSSR count). The predicted octanol–water partition coefficient (Wildman–Crippen LogP) is 3.33. The van der Waals surface area contributed by atoms with Crippen LogP contribution in [0.25, 0.3) is 0 Å². The zero-order chi connectivity index (χ0) is 18.7. The second-order valence-corrected chi connectivity index (χ2v) is 7.44. The Kier molecular flexibility index (Phi) is 6.10. The Labute approximate surface area is 148 Å². The van der Waals surface area contributed by atoms with Gasteiger partial charge in [0.1, 0.15) is 0 Å². The first kappa shape index (κ1) is 19.7. The fourth-order valence-electron chi connectivity index (χ4n) is 2.40. The van der Waals surface area contributed by atoms with Gasteiger partial charge in [0.05, 0.1) is 23.5 Å². The highest BCUT2D eigenvalue weighted by atomic mass is 35.5. The van der Waals surface area contributed by atoms with Gasteiger partial charge in [0, 0.05) is 5.02 Å². The van der Waals surface area contributed by atoms with Crippen molar-refractivity contribution in [1.29, 1.82) is 0 Å². The molecule has 0 spiro atoms. The Hall–Kier alpha value is -1.61. The minimum Gasteiger partial charge on any atom is -0.395 e. The summed E-state index contributed by atoms with van der Waals surface area (Å²) in [6.07, 6.45) is -4.75. The first-order chi connectivity index (χ1) is 11.6. The molecular weight excluding hydrogens is 379 g/mol. The summed E-state index contributed by atoms with van der Waals surface area (Å²) in [5, 5.41) is 9.71. The normalized spacial score (nSPS) is 14.9. The molecule has 0 unspecified atom stereocenters. The maximum absolute atomic E-state index is 13.5. The van der Waals surface area contributed by atoms with E-state index in [1.165, 1.54) is 48.5 Å². The van der Waals surface area contributed by atoms with Crippen LogP contribution in [0.2, 0.25) is 5.02 Å². The molecule has 4 nitrogen and oxygen atoms in total. The van der Waals surface area contributed by atoms with E-state index >= 15 is 0 Å². The van der Waals surface area contributed by atoms with Crippen molar-refractivity contribution >= 4 is 21.6 Å². The van der Waals surface area contributed by atoms with Gasteiger partial charge in [0.25, 0.3) is 0 Å². The number of halogens is 4. The van der Waals surface area contributed by atoms with Crippen LogP contribution in [0.1, 0.15) is 11.5 Å². The molecule has 25 heavy (non-hydrogen) atoms. The predicted molar refractivity (Wildman–Crippen MR) is 87.9 cm³/mol. The van der Waals surface area contributed by atoms with Gasteiger partial charge in [-0.2, -0.15) is 13.2 Å². The highest BCUT2D eigenvalue weighted by Crippen LogP contribution is 2.37. The SMILES string of the molecule is O=S(=O)(N[C@H](CO)[C@H](c1ccccc1)C(F)(F)F)c1ccc(Cl)cc1. The van der Waals surface area contributed by atoms with Crippen molar-refractivity contribution < 1.29 is 26.7 Å². The number of aliphatic hydroxyl groups excluding tert-OH is 1. The van der Waals surface area contributed by atoms with Crippen LogP contribution >= 0.6 is 11.6 Å². The number of sulfonamides is 1. The Bertz CT molecular complexity index is 796. The molecule has 2 aromatic carbocycles. The van der Waals surface area contributed by atoms with Crippen molar-refractivity contribution in [3.05, 3.63) is 65.2 Å². The molecule has 0 radical (unpaired) electrons. The van der Waals surface area contributed by atoms with E-state index in [0.717, 1.165) is 0 Å². The molecule has 0 saturated heterocycles. The minimum atomic E-state index is -4.75. The molecule has 0 aromatic heterocycles. The van der Waals surface area contributed by atoms with Gasteiger partial charge in [-0.25, -0.2) is 13.1 Å². The molecule has 0 fully saturated rings. The molecule has 9 heteroatoms. The standard InChI is InChI=1S/C16H15ClF3NO3S/c17-12-6-8-13(9-7-12)25(23,24)21-14(10-22)15(16(18,19)20)11-4-2-1-3-5-11/h1-9,14-15,21-22H,10H2/t14-,15+/m1/s1. The smallest absolute Gasteiger partial charge is 0.395 e. The molecule has 2 aromatic rings. The second-order valence-electron chi connectivity index (χ2n) is 5.29. The maximum atomic E-state index is 13.5. The topological polar surface area (TPSA) is 66.4 Å². The van der Waals surface area contributed by atoms with Gasteiger partial charge < -0.3 is 5.11 Å². The van der Waals surface area contributed by atoms with Crippen molar-refractivity contribution in [1.82, 2.24) is 4.72 Å². The summed E-state index contributed by atoms with van der Waals surface area (Å²) < 4.78 is 67.2. The third-order valence-corrected chi connectivity index (χ3v) is 5.30. The monoisotopic (exact) mass is 393 g/mol. The quantitative estimate of drug-likeness (QED) is 0.791.